The maximum absolute atomic E-state index is 8.27. The topological polar surface area (TPSA) is 40.5 Å². The van der Waals surface area contributed by atoms with Crippen LogP contribution in [0.15, 0.2) is 12.2 Å². The van der Waals surface area contributed by atoms with Crippen LogP contribution in [0.25, 0.3) is 0 Å². The summed E-state index contributed by atoms with van der Waals surface area (Å²) >= 11 is 0. The van der Waals surface area contributed by atoms with Gasteiger partial charge in [-0.25, -0.2) is 0 Å². The van der Waals surface area contributed by atoms with Crippen LogP contribution in [-0.4, -0.2) is 23.4 Å². The van der Waals surface area contributed by atoms with Crippen LogP contribution in [0.1, 0.15) is 12.8 Å². The lowest BCUT2D eigenvalue weighted by Crippen LogP contribution is -1.79. The Kier molecular flexibility index (Phi) is 6.38. The zero-order chi connectivity index (χ0) is 6.24. The molecule has 0 unspecified atom stereocenters. The Balaban J connectivity index is 2.80. The molecular formula is C6H12O2. The summed E-state index contributed by atoms with van der Waals surface area (Å²) in [6.45, 7) is 0.335. The average Bonchev–Trinajstić information content (AvgIpc) is 1.81. The van der Waals surface area contributed by atoms with E-state index in [-0.39, 0.29) is 13.2 Å². The van der Waals surface area contributed by atoms with Crippen LogP contribution in [0.5, 0.6) is 0 Å². The number of hydrogen-bond acceptors (Lipinski definition) is 2. The van der Waals surface area contributed by atoms with Crippen molar-refractivity contribution < 1.29 is 10.2 Å². The van der Waals surface area contributed by atoms with E-state index >= 15 is 0 Å². The summed E-state index contributed by atoms with van der Waals surface area (Å²) in [6.07, 6.45) is 5.18. The van der Waals surface area contributed by atoms with E-state index in [4.69, 9.17) is 10.2 Å². The first-order valence-electron chi connectivity index (χ1n) is 2.78. The van der Waals surface area contributed by atoms with Crippen molar-refractivity contribution in [3.63, 3.8) is 0 Å². The van der Waals surface area contributed by atoms with Crippen molar-refractivity contribution in [2.75, 3.05) is 13.2 Å². The molecule has 0 spiro atoms. The fourth-order valence-corrected chi connectivity index (χ4v) is 0.402. The lowest BCUT2D eigenvalue weighted by atomic mass is 10.3. The van der Waals surface area contributed by atoms with Gasteiger partial charge in [0.15, 0.2) is 0 Å². The predicted octanol–water partition coefficient (Wildman–Crippen LogP) is 0.307. The molecular weight excluding hydrogens is 104 g/mol. The van der Waals surface area contributed by atoms with Gasteiger partial charge in [0, 0.05) is 6.61 Å². The molecule has 0 aliphatic carbocycles. The molecule has 8 heavy (non-hydrogen) atoms. The third kappa shape index (κ3) is 5.66. The Morgan fingerprint density at radius 3 is 2.38 bits per heavy atom. The molecule has 0 bridgehead atoms. The summed E-state index contributed by atoms with van der Waals surface area (Å²) in [4.78, 5) is 0. The van der Waals surface area contributed by atoms with Crippen molar-refractivity contribution in [3.05, 3.63) is 12.2 Å². The fourth-order valence-electron chi connectivity index (χ4n) is 0.402. The van der Waals surface area contributed by atoms with Gasteiger partial charge in [-0.2, -0.15) is 0 Å². The quantitative estimate of drug-likeness (QED) is 0.410. The van der Waals surface area contributed by atoms with Crippen LogP contribution in [-0.2, 0) is 0 Å². The first-order valence-corrected chi connectivity index (χ1v) is 2.78. The summed E-state index contributed by atoms with van der Waals surface area (Å²) < 4.78 is 0. The Hall–Kier alpha value is -0.340. The molecule has 2 N–H and O–H groups in total. The van der Waals surface area contributed by atoms with Crippen LogP contribution in [0, 0.1) is 0 Å². The van der Waals surface area contributed by atoms with Crippen molar-refractivity contribution in [3.8, 4) is 0 Å². The van der Waals surface area contributed by atoms with Crippen LogP contribution in [0.4, 0.5) is 0 Å². The summed E-state index contributed by atoms with van der Waals surface area (Å²) in [5.41, 5.74) is 0. The maximum atomic E-state index is 8.27. The molecule has 0 heterocycles. The summed E-state index contributed by atoms with van der Waals surface area (Å²) in [5, 5.41) is 16.5. The zero-order valence-corrected chi connectivity index (χ0v) is 4.88. The highest BCUT2D eigenvalue weighted by Gasteiger charge is 1.75. The van der Waals surface area contributed by atoms with Gasteiger partial charge in [0.05, 0.1) is 6.61 Å². The highest BCUT2D eigenvalue weighted by Crippen LogP contribution is 1.87. The molecule has 0 aliphatic rings. The van der Waals surface area contributed by atoms with Crippen molar-refractivity contribution in [1.82, 2.24) is 0 Å². The van der Waals surface area contributed by atoms with Gasteiger partial charge in [-0.05, 0) is 12.8 Å². The van der Waals surface area contributed by atoms with Crippen LogP contribution in [0.3, 0.4) is 0 Å². The Bertz CT molecular complexity index is 59.5. The highest BCUT2D eigenvalue weighted by molar-refractivity contribution is 4.79. The Labute approximate surface area is 49.5 Å². The first-order chi connectivity index (χ1) is 3.91. The Morgan fingerprint density at radius 1 is 1.12 bits per heavy atom. The maximum Gasteiger partial charge on any atom is 0.0612 e. The third-order valence-corrected chi connectivity index (χ3v) is 0.801. The van der Waals surface area contributed by atoms with E-state index < -0.39 is 0 Å². The summed E-state index contributed by atoms with van der Waals surface area (Å²) in [5.74, 6) is 0. The molecule has 0 fully saturated rings. The first kappa shape index (κ1) is 7.66. The molecule has 0 radical (unpaired) electrons. The molecule has 0 saturated carbocycles. The smallest absolute Gasteiger partial charge is 0.0612 e. The molecule has 0 amide bonds. The third-order valence-electron chi connectivity index (χ3n) is 0.801. The minimum atomic E-state index is 0.103. The molecule has 0 atom stereocenters. The minimum absolute atomic E-state index is 0.103. The van der Waals surface area contributed by atoms with Gasteiger partial charge in [0.2, 0.25) is 0 Å². The normalized spacial score (nSPS) is 10.8. The number of allylic oxidation sites excluding steroid dienone is 1. The molecule has 0 aromatic rings. The van der Waals surface area contributed by atoms with Crippen molar-refractivity contribution >= 4 is 0 Å². The van der Waals surface area contributed by atoms with Gasteiger partial charge >= 0.3 is 0 Å². The molecule has 48 valence electrons. The second-order valence-electron chi connectivity index (χ2n) is 1.52. The number of unbranched alkanes of at least 4 members (excludes halogenated alkanes) is 1. The second-order valence-corrected chi connectivity index (χ2v) is 1.52. The standard InChI is InChI=1S/C6H12O2/c7-5-3-1-2-4-6-8/h1,3,7-8H,2,4-6H2. The molecule has 0 aliphatic heterocycles. The molecule has 0 aromatic heterocycles. The lowest BCUT2D eigenvalue weighted by Gasteiger charge is -1.85. The minimum Gasteiger partial charge on any atom is -0.396 e. The van der Waals surface area contributed by atoms with Crippen molar-refractivity contribution in [2.24, 2.45) is 0 Å². The highest BCUT2D eigenvalue weighted by atomic mass is 16.3. The zero-order valence-electron chi connectivity index (χ0n) is 4.88. The molecule has 0 aromatic carbocycles. The van der Waals surface area contributed by atoms with Crippen molar-refractivity contribution in [2.45, 2.75) is 12.8 Å². The number of aliphatic hydroxyl groups excluding tert-OH is 2. The van der Waals surface area contributed by atoms with Gasteiger partial charge in [-0.15, -0.1) is 0 Å². The number of hydrogen-bond donors (Lipinski definition) is 2. The largest absolute Gasteiger partial charge is 0.396 e. The van der Waals surface area contributed by atoms with Gasteiger partial charge in [0.25, 0.3) is 0 Å². The average molecular weight is 116 g/mol. The lowest BCUT2D eigenvalue weighted by molar-refractivity contribution is 0.289. The summed E-state index contributed by atoms with van der Waals surface area (Å²) in [6, 6.07) is 0. The van der Waals surface area contributed by atoms with E-state index in [1.165, 1.54) is 0 Å². The van der Waals surface area contributed by atoms with Crippen molar-refractivity contribution in [1.29, 1.82) is 0 Å². The predicted molar refractivity (Wildman–Crippen MR) is 32.5 cm³/mol. The van der Waals surface area contributed by atoms with Gasteiger partial charge in [-0.1, -0.05) is 12.2 Å². The molecule has 0 rings (SSSR count). The van der Waals surface area contributed by atoms with Gasteiger partial charge < -0.3 is 10.2 Å². The second kappa shape index (κ2) is 6.66. The summed E-state index contributed by atoms with van der Waals surface area (Å²) in [7, 11) is 0. The van der Waals surface area contributed by atoms with E-state index in [2.05, 4.69) is 0 Å². The van der Waals surface area contributed by atoms with Crippen LogP contribution < -0.4 is 0 Å². The Morgan fingerprint density at radius 2 is 1.88 bits per heavy atom. The fraction of sp³-hybridized carbons (Fsp3) is 0.667. The number of rotatable bonds is 4. The van der Waals surface area contributed by atoms with Gasteiger partial charge in [0.1, 0.15) is 0 Å². The van der Waals surface area contributed by atoms with E-state index in [1.54, 1.807) is 6.08 Å². The van der Waals surface area contributed by atoms with E-state index in [0.717, 1.165) is 12.8 Å². The molecule has 0 saturated heterocycles. The van der Waals surface area contributed by atoms with Crippen LogP contribution in [0.2, 0.25) is 0 Å². The van der Waals surface area contributed by atoms with E-state index in [1.807, 2.05) is 6.08 Å². The molecule has 2 heteroatoms. The van der Waals surface area contributed by atoms with Crippen LogP contribution >= 0.6 is 0 Å². The monoisotopic (exact) mass is 116 g/mol. The number of aliphatic hydroxyl groups is 2. The van der Waals surface area contributed by atoms with E-state index in [0.29, 0.717) is 0 Å². The van der Waals surface area contributed by atoms with Gasteiger partial charge in [-0.3, -0.25) is 0 Å². The SMILES string of the molecule is OCC=CCCCO. The van der Waals surface area contributed by atoms with E-state index in [9.17, 15) is 0 Å². The molecule has 2 nitrogen and oxygen atoms in total.